The number of carbonyl (C=O) groups excluding carboxylic acids is 1. The minimum Gasteiger partial charge on any atom is -0.444 e. The number of benzene rings is 1. The second-order valence-corrected chi connectivity index (χ2v) is 7.44. The van der Waals surface area contributed by atoms with Gasteiger partial charge in [-0.1, -0.05) is 29.3 Å². The average molecular weight is 346 g/mol. The predicted molar refractivity (Wildman–Crippen MR) is 87.4 cm³/mol. The van der Waals surface area contributed by atoms with E-state index >= 15 is 0 Å². The third kappa shape index (κ3) is 4.06. The lowest BCUT2D eigenvalue weighted by Crippen LogP contribution is -2.46. The maximum atomic E-state index is 12.0. The lowest BCUT2D eigenvalue weighted by Gasteiger charge is -2.39. The first-order valence-corrected chi connectivity index (χ1v) is 8.02. The van der Waals surface area contributed by atoms with Gasteiger partial charge in [0.15, 0.2) is 0 Å². The molecule has 1 aliphatic heterocycles. The number of amides is 1. The summed E-state index contributed by atoms with van der Waals surface area (Å²) in [5.41, 5.74) is -0.785. The molecule has 0 unspecified atom stereocenters. The summed E-state index contributed by atoms with van der Waals surface area (Å²) in [6, 6.07) is 5.14. The minimum atomic E-state index is -0.993. The lowest BCUT2D eigenvalue weighted by atomic mass is 9.84. The van der Waals surface area contributed by atoms with Crippen LogP contribution in [0.3, 0.4) is 0 Å². The van der Waals surface area contributed by atoms with Crippen molar-refractivity contribution in [1.29, 1.82) is 0 Å². The lowest BCUT2D eigenvalue weighted by molar-refractivity contribution is -0.0356. The van der Waals surface area contributed by atoms with Crippen LogP contribution >= 0.6 is 23.2 Å². The van der Waals surface area contributed by atoms with Gasteiger partial charge in [0.2, 0.25) is 0 Å². The Bertz CT molecular complexity index is 561. The maximum absolute atomic E-state index is 12.0. The summed E-state index contributed by atoms with van der Waals surface area (Å²) in [6.45, 7) is 6.38. The first-order chi connectivity index (χ1) is 10.1. The van der Waals surface area contributed by atoms with E-state index in [1.165, 1.54) is 0 Å². The van der Waals surface area contributed by atoms with Crippen LogP contribution in [-0.4, -0.2) is 34.8 Å². The number of rotatable bonds is 1. The first-order valence-electron chi connectivity index (χ1n) is 7.27. The summed E-state index contributed by atoms with van der Waals surface area (Å²) in [6.07, 6.45) is 0.526. The van der Waals surface area contributed by atoms with Gasteiger partial charge in [0.25, 0.3) is 0 Å². The molecule has 4 nitrogen and oxygen atoms in total. The Hall–Kier alpha value is -0.970. The van der Waals surface area contributed by atoms with Gasteiger partial charge in [-0.15, -0.1) is 0 Å². The summed E-state index contributed by atoms with van der Waals surface area (Å²) in [4.78, 5) is 13.7. The quantitative estimate of drug-likeness (QED) is 0.829. The second kappa shape index (κ2) is 6.26. The average Bonchev–Trinajstić information content (AvgIpc) is 2.40. The molecule has 0 aliphatic carbocycles. The smallest absolute Gasteiger partial charge is 0.410 e. The Morgan fingerprint density at radius 3 is 2.32 bits per heavy atom. The number of ether oxygens (including phenoxy) is 1. The highest BCUT2D eigenvalue weighted by Gasteiger charge is 2.36. The van der Waals surface area contributed by atoms with Crippen LogP contribution in [0.2, 0.25) is 10.0 Å². The molecule has 122 valence electrons. The molecule has 0 spiro atoms. The molecule has 1 heterocycles. The normalized spacial score (nSPS) is 18.2. The number of halogens is 2. The zero-order chi connectivity index (χ0) is 16.5. The molecule has 1 fully saturated rings. The van der Waals surface area contributed by atoms with Crippen LogP contribution in [-0.2, 0) is 10.3 Å². The molecule has 1 aromatic rings. The molecule has 1 amide bonds. The maximum Gasteiger partial charge on any atom is 0.410 e. The summed E-state index contributed by atoms with van der Waals surface area (Å²) in [5, 5.41) is 11.7. The SMILES string of the molecule is CC(C)(C)OC(=O)N1CCC(O)(c2ccc(Cl)c(Cl)c2)CC1. The monoisotopic (exact) mass is 345 g/mol. The Morgan fingerprint density at radius 2 is 1.82 bits per heavy atom. The van der Waals surface area contributed by atoms with Crippen LogP contribution in [0.4, 0.5) is 4.79 Å². The third-order valence-corrected chi connectivity index (χ3v) is 4.44. The number of likely N-dealkylation sites (tertiary alicyclic amines) is 1. The number of aliphatic hydroxyl groups is 1. The number of carbonyl (C=O) groups is 1. The van der Waals surface area contributed by atoms with Gasteiger partial charge >= 0.3 is 6.09 Å². The molecule has 0 atom stereocenters. The van der Waals surface area contributed by atoms with Crippen LogP contribution in [0.15, 0.2) is 18.2 Å². The van der Waals surface area contributed by atoms with Gasteiger partial charge in [-0.05, 0) is 51.3 Å². The Balaban J connectivity index is 2.04. The van der Waals surface area contributed by atoms with Crippen LogP contribution < -0.4 is 0 Å². The van der Waals surface area contributed by atoms with Crippen LogP contribution in [0.5, 0.6) is 0 Å². The second-order valence-electron chi connectivity index (χ2n) is 6.63. The van der Waals surface area contributed by atoms with E-state index in [9.17, 15) is 9.90 Å². The highest BCUT2D eigenvalue weighted by atomic mass is 35.5. The van der Waals surface area contributed by atoms with Crippen LogP contribution in [0.1, 0.15) is 39.2 Å². The van der Waals surface area contributed by atoms with Crippen molar-refractivity contribution in [3.8, 4) is 0 Å². The van der Waals surface area contributed by atoms with E-state index in [0.717, 1.165) is 5.56 Å². The zero-order valence-corrected chi connectivity index (χ0v) is 14.5. The number of hydrogen-bond acceptors (Lipinski definition) is 3. The fourth-order valence-corrected chi connectivity index (χ4v) is 2.76. The summed E-state index contributed by atoms with van der Waals surface area (Å²) in [7, 11) is 0. The van der Waals surface area contributed by atoms with E-state index in [0.29, 0.717) is 36.0 Å². The first kappa shape index (κ1) is 17.4. The molecule has 6 heteroatoms. The van der Waals surface area contributed by atoms with Gasteiger partial charge < -0.3 is 14.7 Å². The Labute approximate surface area is 141 Å². The molecule has 22 heavy (non-hydrogen) atoms. The van der Waals surface area contributed by atoms with Crippen molar-refractivity contribution >= 4 is 29.3 Å². The molecular weight excluding hydrogens is 325 g/mol. The zero-order valence-electron chi connectivity index (χ0n) is 13.0. The van der Waals surface area contributed by atoms with Gasteiger partial charge in [-0.25, -0.2) is 4.79 Å². The molecule has 0 saturated carbocycles. The van der Waals surface area contributed by atoms with E-state index in [1.54, 1.807) is 23.1 Å². The topological polar surface area (TPSA) is 49.8 Å². The van der Waals surface area contributed by atoms with E-state index < -0.39 is 11.2 Å². The molecular formula is C16H21Cl2NO3. The third-order valence-electron chi connectivity index (χ3n) is 3.70. The Kier molecular flexibility index (Phi) is 4.95. The van der Waals surface area contributed by atoms with Gasteiger partial charge in [0.05, 0.1) is 15.6 Å². The van der Waals surface area contributed by atoms with Crippen molar-refractivity contribution in [2.45, 2.75) is 44.8 Å². The molecule has 1 aliphatic rings. The summed E-state index contributed by atoms with van der Waals surface area (Å²) in [5.74, 6) is 0. The van der Waals surface area contributed by atoms with Gasteiger partial charge in [0.1, 0.15) is 5.60 Å². The molecule has 0 aromatic heterocycles. The van der Waals surface area contributed by atoms with Gasteiger partial charge in [-0.3, -0.25) is 0 Å². The van der Waals surface area contributed by atoms with Crippen molar-refractivity contribution in [3.05, 3.63) is 33.8 Å². The molecule has 1 N–H and O–H groups in total. The molecule has 1 saturated heterocycles. The Morgan fingerprint density at radius 1 is 1.23 bits per heavy atom. The molecule has 1 aromatic carbocycles. The molecule has 2 rings (SSSR count). The van der Waals surface area contributed by atoms with Gasteiger partial charge in [0, 0.05) is 13.1 Å². The predicted octanol–water partition coefficient (Wildman–Crippen LogP) is 4.21. The molecule has 0 bridgehead atoms. The van der Waals surface area contributed by atoms with Crippen molar-refractivity contribution in [3.63, 3.8) is 0 Å². The van der Waals surface area contributed by atoms with E-state index in [2.05, 4.69) is 0 Å². The van der Waals surface area contributed by atoms with E-state index in [1.807, 2.05) is 20.8 Å². The standard InChI is InChI=1S/C16H21Cl2NO3/c1-15(2,3)22-14(20)19-8-6-16(21,7-9-19)11-4-5-12(17)13(18)10-11/h4-5,10,21H,6-9H2,1-3H3. The van der Waals surface area contributed by atoms with Crippen molar-refractivity contribution in [2.24, 2.45) is 0 Å². The van der Waals surface area contributed by atoms with Crippen LogP contribution in [0.25, 0.3) is 0 Å². The van der Waals surface area contributed by atoms with Crippen LogP contribution in [0, 0.1) is 0 Å². The highest BCUT2D eigenvalue weighted by Crippen LogP contribution is 2.36. The summed E-state index contributed by atoms with van der Waals surface area (Å²) >= 11 is 11.9. The van der Waals surface area contributed by atoms with Crippen molar-refractivity contribution in [2.75, 3.05) is 13.1 Å². The fraction of sp³-hybridized carbons (Fsp3) is 0.562. The van der Waals surface area contributed by atoms with Crippen molar-refractivity contribution < 1.29 is 14.6 Å². The largest absolute Gasteiger partial charge is 0.444 e. The van der Waals surface area contributed by atoms with Gasteiger partial charge in [-0.2, -0.15) is 0 Å². The number of nitrogens with zero attached hydrogens (tertiary/aromatic N) is 1. The fourth-order valence-electron chi connectivity index (χ4n) is 2.46. The molecule has 0 radical (unpaired) electrons. The minimum absolute atomic E-state index is 0.344. The number of hydrogen-bond donors (Lipinski definition) is 1. The van der Waals surface area contributed by atoms with Crippen molar-refractivity contribution in [1.82, 2.24) is 4.90 Å². The number of piperidine rings is 1. The highest BCUT2D eigenvalue weighted by molar-refractivity contribution is 6.42. The van der Waals surface area contributed by atoms with E-state index in [-0.39, 0.29) is 6.09 Å². The van der Waals surface area contributed by atoms with E-state index in [4.69, 9.17) is 27.9 Å². The summed E-state index contributed by atoms with van der Waals surface area (Å²) < 4.78 is 5.35.